The number of ether oxygens (including phenoxy) is 1. The van der Waals surface area contributed by atoms with Crippen LogP contribution in [-0.4, -0.2) is 38.1 Å². The molecule has 0 atom stereocenters. The van der Waals surface area contributed by atoms with E-state index in [1.54, 1.807) is 36.4 Å². The van der Waals surface area contributed by atoms with Gasteiger partial charge in [-0.15, -0.1) is 0 Å². The number of carbonyl (C=O) groups excluding carboxylic acids is 2. The largest absolute Gasteiger partial charge is 0.381 e. The Hall–Kier alpha value is -2.73. The Labute approximate surface area is 157 Å². The summed E-state index contributed by atoms with van der Waals surface area (Å²) in [5.41, 5.74) is 1.21. The second-order valence-electron chi connectivity index (χ2n) is 6.73. The Morgan fingerprint density at radius 2 is 1.63 bits per heavy atom. The fraction of sp³-hybridized carbons (Fsp3) is 0.333. The quantitative estimate of drug-likeness (QED) is 0.821. The van der Waals surface area contributed by atoms with Crippen LogP contribution in [0.1, 0.15) is 28.8 Å². The summed E-state index contributed by atoms with van der Waals surface area (Å²) in [7, 11) is 0. The number of hydrogen-bond donors (Lipinski definition) is 2. The minimum atomic E-state index is -0.287. The predicted octanol–water partition coefficient (Wildman–Crippen LogP) is 2.42. The van der Waals surface area contributed by atoms with Crippen molar-refractivity contribution in [1.82, 2.24) is 10.6 Å². The van der Waals surface area contributed by atoms with Crippen LogP contribution in [0.5, 0.6) is 0 Å². The fourth-order valence-corrected chi connectivity index (χ4v) is 3.32. The van der Waals surface area contributed by atoms with E-state index in [2.05, 4.69) is 10.6 Å². The molecule has 3 rings (SSSR count). The highest BCUT2D eigenvalue weighted by Gasteiger charge is 2.34. The number of halogens is 1. The van der Waals surface area contributed by atoms with Gasteiger partial charge < -0.3 is 15.4 Å². The van der Waals surface area contributed by atoms with Crippen molar-refractivity contribution < 1.29 is 18.7 Å². The van der Waals surface area contributed by atoms with E-state index in [-0.39, 0.29) is 29.6 Å². The molecule has 2 aromatic carbocycles. The Morgan fingerprint density at radius 3 is 2.30 bits per heavy atom. The Kier molecular flexibility index (Phi) is 6.19. The van der Waals surface area contributed by atoms with Crippen LogP contribution in [-0.2, 0) is 14.9 Å². The van der Waals surface area contributed by atoms with Crippen LogP contribution in [0.25, 0.3) is 0 Å². The maximum Gasteiger partial charge on any atom is 0.251 e. The smallest absolute Gasteiger partial charge is 0.251 e. The van der Waals surface area contributed by atoms with Crippen molar-refractivity contribution in [2.24, 2.45) is 0 Å². The molecular formula is C21H23FN2O3. The zero-order chi connectivity index (χ0) is 19.1. The van der Waals surface area contributed by atoms with E-state index in [0.29, 0.717) is 25.3 Å². The highest BCUT2D eigenvalue weighted by Crippen LogP contribution is 2.34. The summed E-state index contributed by atoms with van der Waals surface area (Å²) in [5.74, 6) is -0.828. The lowest BCUT2D eigenvalue weighted by Crippen LogP contribution is -2.47. The lowest BCUT2D eigenvalue weighted by atomic mass is 9.74. The Morgan fingerprint density at radius 1 is 0.963 bits per heavy atom. The van der Waals surface area contributed by atoms with Gasteiger partial charge in [0.2, 0.25) is 5.91 Å². The summed E-state index contributed by atoms with van der Waals surface area (Å²) in [6.45, 7) is 1.52. The summed E-state index contributed by atoms with van der Waals surface area (Å²) >= 11 is 0. The summed E-state index contributed by atoms with van der Waals surface area (Å²) < 4.78 is 18.7. The molecule has 1 aliphatic heterocycles. The van der Waals surface area contributed by atoms with Gasteiger partial charge in [0.05, 0.1) is 6.54 Å². The van der Waals surface area contributed by atoms with Crippen LogP contribution in [0.3, 0.4) is 0 Å². The van der Waals surface area contributed by atoms with Crippen LogP contribution in [0.2, 0.25) is 0 Å². The number of hydrogen-bond acceptors (Lipinski definition) is 3. The van der Waals surface area contributed by atoms with E-state index in [1.807, 2.05) is 6.07 Å². The first-order chi connectivity index (χ1) is 13.1. The van der Waals surface area contributed by atoms with Gasteiger partial charge in [0, 0.05) is 30.7 Å². The van der Waals surface area contributed by atoms with E-state index in [1.165, 1.54) is 12.1 Å². The Balaban J connectivity index is 1.58. The molecule has 0 spiro atoms. The molecule has 0 saturated carbocycles. The van der Waals surface area contributed by atoms with Crippen molar-refractivity contribution in [3.05, 3.63) is 71.5 Å². The summed E-state index contributed by atoms with van der Waals surface area (Å²) in [4.78, 5) is 24.3. The molecule has 2 amide bonds. The van der Waals surface area contributed by atoms with Crippen molar-refractivity contribution in [3.8, 4) is 0 Å². The number of carbonyl (C=O) groups is 2. The van der Waals surface area contributed by atoms with Gasteiger partial charge in [-0.3, -0.25) is 9.59 Å². The van der Waals surface area contributed by atoms with Crippen molar-refractivity contribution in [2.45, 2.75) is 18.3 Å². The van der Waals surface area contributed by atoms with Gasteiger partial charge in [-0.2, -0.15) is 0 Å². The second kappa shape index (κ2) is 8.77. The first kappa shape index (κ1) is 19.0. The summed E-state index contributed by atoms with van der Waals surface area (Å²) in [5, 5.41) is 5.53. The first-order valence-corrected chi connectivity index (χ1v) is 9.03. The first-order valence-electron chi connectivity index (χ1n) is 9.03. The van der Waals surface area contributed by atoms with Crippen LogP contribution < -0.4 is 10.6 Å². The molecule has 142 valence electrons. The van der Waals surface area contributed by atoms with Crippen LogP contribution in [0.4, 0.5) is 4.39 Å². The lowest BCUT2D eigenvalue weighted by Gasteiger charge is -2.38. The lowest BCUT2D eigenvalue weighted by molar-refractivity contribution is -0.120. The van der Waals surface area contributed by atoms with Crippen molar-refractivity contribution in [2.75, 3.05) is 26.3 Å². The van der Waals surface area contributed by atoms with E-state index >= 15 is 0 Å². The SMILES string of the molecule is O=C(CNC(=O)c1ccccc1)NCC1(c2ccc(F)cc2)CCOCC1. The highest BCUT2D eigenvalue weighted by molar-refractivity contribution is 5.96. The van der Waals surface area contributed by atoms with Gasteiger partial charge in [-0.05, 0) is 42.7 Å². The third-order valence-electron chi connectivity index (χ3n) is 4.98. The molecule has 0 aromatic heterocycles. The summed E-state index contributed by atoms with van der Waals surface area (Å²) in [6.07, 6.45) is 1.49. The van der Waals surface area contributed by atoms with E-state index in [4.69, 9.17) is 4.74 Å². The third kappa shape index (κ3) is 4.92. The van der Waals surface area contributed by atoms with Gasteiger partial charge in [0.15, 0.2) is 0 Å². The number of amides is 2. The molecule has 1 aliphatic rings. The maximum absolute atomic E-state index is 13.3. The average Bonchev–Trinajstić information content (AvgIpc) is 2.72. The molecule has 2 aromatic rings. The third-order valence-corrected chi connectivity index (χ3v) is 4.98. The van der Waals surface area contributed by atoms with Crippen LogP contribution >= 0.6 is 0 Å². The van der Waals surface area contributed by atoms with Crippen LogP contribution in [0.15, 0.2) is 54.6 Å². The van der Waals surface area contributed by atoms with Gasteiger partial charge in [-0.25, -0.2) is 4.39 Å². The average molecular weight is 370 g/mol. The van der Waals surface area contributed by atoms with Gasteiger partial charge in [-0.1, -0.05) is 30.3 Å². The normalized spacial score (nSPS) is 15.7. The van der Waals surface area contributed by atoms with Gasteiger partial charge in [0.25, 0.3) is 5.91 Å². The molecule has 0 aliphatic carbocycles. The van der Waals surface area contributed by atoms with Crippen molar-refractivity contribution in [1.29, 1.82) is 0 Å². The van der Waals surface area contributed by atoms with Crippen molar-refractivity contribution >= 4 is 11.8 Å². The molecule has 5 nitrogen and oxygen atoms in total. The Bertz CT molecular complexity index is 772. The van der Waals surface area contributed by atoms with Gasteiger partial charge in [0.1, 0.15) is 5.82 Å². The molecule has 1 heterocycles. The molecule has 1 saturated heterocycles. The minimum absolute atomic E-state index is 0.0935. The second-order valence-corrected chi connectivity index (χ2v) is 6.73. The monoisotopic (exact) mass is 370 g/mol. The van der Waals surface area contributed by atoms with Crippen molar-refractivity contribution in [3.63, 3.8) is 0 Å². The number of rotatable bonds is 6. The molecule has 0 radical (unpaired) electrons. The predicted molar refractivity (Wildman–Crippen MR) is 99.9 cm³/mol. The molecule has 6 heteroatoms. The highest BCUT2D eigenvalue weighted by atomic mass is 19.1. The number of nitrogens with one attached hydrogen (secondary N) is 2. The maximum atomic E-state index is 13.3. The van der Waals surface area contributed by atoms with E-state index in [0.717, 1.165) is 18.4 Å². The zero-order valence-electron chi connectivity index (χ0n) is 15.0. The molecule has 27 heavy (non-hydrogen) atoms. The molecule has 2 N–H and O–H groups in total. The number of benzene rings is 2. The summed E-state index contributed by atoms with van der Waals surface area (Å²) in [6, 6.07) is 15.2. The molecule has 0 bridgehead atoms. The fourth-order valence-electron chi connectivity index (χ4n) is 3.32. The standard InChI is InChI=1S/C21H23FN2O3/c22-18-8-6-17(7-9-18)21(10-12-27-13-11-21)15-24-19(25)14-23-20(26)16-4-2-1-3-5-16/h1-9H,10-15H2,(H,23,26)(H,24,25). The molecule has 1 fully saturated rings. The van der Waals surface area contributed by atoms with E-state index < -0.39 is 0 Å². The zero-order valence-corrected chi connectivity index (χ0v) is 15.0. The van der Waals surface area contributed by atoms with E-state index in [9.17, 15) is 14.0 Å². The van der Waals surface area contributed by atoms with Gasteiger partial charge >= 0.3 is 0 Å². The minimum Gasteiger partial charge on any atom is -0.381 e. The topological polar surface area (TPSA) is 67.4 Å². The van der Waals surface area contributed by atoms with Crippen LogP contribution in [0, 0.1) is 5.82 Å². The molecule has 0 unspecified atom stereocenters. The molecular weight excluding hydrogens is 347 g/mol.